The number of carbonyl (C=O) groups excluding carboxylic acids is 1. The summed E-state index contributed by atoms with van der Waals surface area (Å²) in [7, 11) is -3.89. The zero-order valence-corrected chi connectivity index (χ0v) is 15.2. The molecule has 2 aromatic carbocycles. The first-order valence-electron chi connectivity index (χ1n) is 8.44. The van der Waals surface area contributed by atoms with E-state index in [1.807, 2.05) is 30.3 Å². The first-order valence-corrected chi connectivity index (χ1v) is 9.92. The molecule has 1 amide bonds. The van der Waals surface area contributed by atoms with E-state index in [1.54, 1.807) is 0 Å². The predicted octanol–water partition coefficient (Wildman–Crippen LogP) is 2.34. The summed E-state index contributed by atoms with van der Waals surface area (Å²) in [6, 6.07) is 13.5. The lowest BCUT2D eigenvalue weighted by molar-refractivity contribution is -0.122. The van der Waals surface area contributed by atoms with Crippen LogP contribution in [0.3, 0.4) is 0 Å². The van der Waals surface area contributed by atoms with Crippen molar-refractivity contribution in [2.75, 3.05) is 6.54 Å². The summed E-state index contributed by atoms with van der Waals surface area (Å²) in [6.45, 7) is 1.96. The molecule has 0 saturated heterocycles. The second-order valence-electron chi connectivity index (χ2n) is 6.66. The molecular weight excluding hydrogens is 355 g/mol. The molecule has 0 aliphatic heterocycles. The van der Waals surface area contributed by atoms with Crippen LogP contribution in [-0.2, 0) is 20.2 Å². The van der Waals surface area contributed by atoms with Gasteiger partial charge in [-0.3, -0.25) is 4.79 Å². The van der Waals surface area contributed by atoms with Gasteiger partial charge in [-0.05, 0) is 49.6 Å². The summed E-state index contributed by atoms with van der Waals surface area (Å²) in [6.07, 6.45) is 1.99. The van der Waals surface area contributed by atoms with Crippen molar-refractivity contribution in [3.63, 3.8) is 0 Å². The fraction of sp³-hybridized carbons (Fsp3) is 0.316. The monoisotopic (exact) mass is 376 g/mol. The van der Waals surface area contributed by atoms with E-state index >= 15 is 0 Å². The van der Waals surface area contributed by atoms with Gasteiger partial charge in [0.05, 0.1) is 10.9 Å². The van der Waals surface area contributed by atoms with E-state index in [2.05, 4.69) is 10.0 Å². The van der Waals surface area contributed by atoms with Crippen LogP contribution >= 0.6 is 0 Å². The molecule has 3 rings (SSSR count). The largest absolute Gasteiger partial charge is 0.354 e. The summed E-state index contributed by atoms with van der Waals surface area (Å²) in [4.78, 5) is 12.2. The minimum atomic E-state index is -3.89. The van der Waals surface area contributed by atoms with E-state index in [1.165, 1.54) is 12.5 Å². The first-order chi connectivity index (χ1) is 12.3. The van der Waals surface area contributed by atoms with Crippen molar-refractivity contribution in [1.29, 1.82) is 0 Å². The highest BCUT2D eigenvalue weighted by molar-refractivity contribution is 7.89. The molecule has 7 heteroatoms. The summed E-state index contributed by atoms with van der Waals surface area (Å²) >= 11 is 0. The molecule has 2 N–H and O–H groups in total. The van der Waals surface area contributed by atoms with Crippen LogP contribution in [-0.4, -0.2) is 26.9 Å². The van der Waals surface area contributed by atoms with Crippen LogP contribution in [0.4, 0.5) is 4.39 Å². The summed E-state index contributed by atoms with van der Waals surface area (Å²) in [5, 5.41) is 2.84. The van der Waals surface area contributed by atoms with E-state index in [4.69, 9.17) is 0 Å². The molecule has 5 nitrogen and oxygen atoms in total. The van der Waals surface area contributed by atoms with Crippen LogP contribution in [0.25, 0.3) is 0 Å². The molecule has 138 valence electrons. The second-order valence-corrected chi connectivity index (χ2v) is 8.38. The molecule has 26 heavy (non-hydrogen) atoms. The van der Waals surface area contributed by atoms with Crippen molar-refractivity contribution in [3.05, 3.63) is 66.0 Å². The molecule has 1 aliphatic carbocycles. The molecule has 0 heterocycles. The Bertz CT molecular complexity index is 879. The highest BCUT2D eigenvalue weighted by Crippen LogP contribution is 2.47. The maximum absolute atomic E-state index is 12.9. The third-order valence-electron chi connectivity index (χ3n) is 4.69. The molecule has 0 aromatic heterocycles. The van der Waals surface area contributed by atoms with Crippen molar-refractivity contribution < 1.29 is 17.6 Å². The lowest BCUT2D eigenvalue weighted by Gasteiger charge is -2.19. The molecule has 1 atom stereocenters. The average Bonchev–Trinajstić information content (AvgIpc) is 3.41. The van der Waals surface area contributed by atoms with Gasteiger partial charge in [0.1, 0.15) is 5.82 Å². The number of sulfonamides is 1. The van der Waals surface area contributed by atoms with Crippen LogP contribution in [0.1, 0.15) is 25.3 Å². The van der Waals surface area contributed by atoms with Crippen molar-refractivity contribution in [1.82, 2.24) is 10.0 Å². The van der Waals surface area contributed by atoms with E-state index < -0.39 is 27.8 Å². The Kier molecular flexibility index (Phi) is 5.11. The molecular formula is C19H21FN2O3S. The number of carbonyl (C=O) groups is 1. The minimum Gasteiger partial charge on any atom is -0.354 e. The van der Waals surface area contributed by atoms with E-state index in [-0.39, 0.29) is 10.3 Å². The molecule has 1 saturated carbocycles. The van der Waals surface area contributed by atoms with Crippen LogP contribution in [0.2, 0.25) is 0 Å². The smallest absolute Gasteiger partial charge is 0.241 e. The fourth-order valence-electron chi connectivity index (χ4n) is 2.89. The lowest BCUT2D eigenvalue weighted by Crippen LogP contribution is -2.46. The van der Waals surface area contributed by atoms with Gasteiger partial charge in [0, 0.05) is 12.0 Å². The van der Waals surface area contributed by atoms with Gasteiger partial charge in [-0.1, -0.05) is 30.3 Å². The van der Waals surface area contributed by atoms with Crippen molar-refractivity contribution >= 4 is 15.9 Å². The number of hydrogen-bond acceptors (Lipinski definition) is 3. The van der Waals surface area contributed by atoms with Gasteiger partial charge in [-0.2, -0.15) is 4.72 Å². The first kappa shape index (κ1) is 18.5. The number of hydrogen-bond donors (Lipinski definition) is 2. The molecule has 0 bridgehead atoms. The highest BCUT2D eigenvalue weighted by Gasteiger charge is 2.44. The van der Waals surface area contributed by atoms with Crippen LogP contribution in [0.5, 0.6) is 0 Å². The summed E-state index contributed by atoms with van der Waals surface area (Å²) in [5.41, 5.74) is 1.13. The summed E-state index contributed by atoms with van der Waals surface area (Å²) < 4.78 is 39.8. The molecule has 1 aliphatic rings. The van der Waals surface area contributed by atoms with Gasteiger partial charge in [-0.15, -0.1) is 0 Å². The topological polar surface area (TPSA) is 75.3 Å². The van der Waals surface area contributed by atoms with Gasteiger partial charge in [0.2, 0.25) is 15.9 Å². The van der Waals surface area contributed by atoms with Gasteiger partial charge >= 0.3 is 0 Å². The third kappa shape index (κ3) is 4.11. The van der Waals surface area contributed by atoms with Gasteiger partial charge in [0.15, 0.2) is 0 Å². The van der Waals surface area contributed by atoms with Crippen LogP contribution in [0.15, 0.2) is 59.5 Å². The number of rotatable bonds is 7. The minimum absolute atomic E-state index is 0.0491. The Morgan fingerprint density at radius 2 is 1.73 bits per heavy atom. The number of halogens is 1. The van der Waals surface area contributed by atoms with Crippen molar-refractivity contribution in [3.8, 4) is 0 Å². The Balaban J connectivity index is 1.59. The van der Waals surface area contributed by atoms with E-state index in [0.29, 0.717) is 6.54 Å². The molecule has 0 radical (unpaired) electrons. The fourth-order valence-corrected chi connectivity index (χ4v) is 4.09. The van der Waals surface area contributed by atoms with Crippen LogP contribution in [0, 0.1) is 5.82 Å². The zero-order chi connectivity index (χ0) is 18.8. The third-order valence-corrected chi connectivity index (χ3v) is 6.25. The molecule has 0 unspecified atom stereocenters. The van der Waals surface area contributed by atoms with Gasteiger partial charge in [-0.25, -0.2) is 12.8 Å². The van der Waals surface area contributed by atoms with Crippen LogP contribution < -0.4 is 10.0 Å². The zero-order valence-electron chi connectivity index (χ0n) is 14.4. The Hall–Kier alpha value is -2.25. The van der Waals surface area contributed by atoms with Crippen molar-refractivity contribution in [2.24, 2.45) is 0 Å². The van der Waals surface area contributed by atoms with E-state index in [0.717, 1.165) is 37.1 Å². The van der Waals surface area contributed by atoms with E-state index in [9.17, 15) is 17.6 Å². The quantitative estimate of drug-likeness (QED) is 0.779. The summed E-state index contributed by atoms with van der Waals surface area (Å²) in [5.74, 6) is -0.914. The molecule has 0 spiro atoms. The number of nitrogens with one attached hydrogen (secondary N) is 2. The molecule has 1 fully saturated rings. The van der Waals surface area contributed by atoms with Crippen molar-refractivity contribution in [2.45, 2.75) is 36.1 Å². The van der Waals surface area contributed by atoms with Gasteiger partial charge < -0.3 is 5.32 Å². The predicted molar refractivity (Wildman–Crippen MR) is 96.5 cm³/mol. The maximum atomic E-state index is 12.9. The Morgan fingerprint density at radius 3 is 2.31 bits per heavy atom. The molecule has 2 aromatic rings. The Morgan fingerprint density at radius 1 is 1.12 bits per heavy atom. The number of benzene rings is 2. The number of amides is 1. The maximum Gasteiger partial charge on any atom is 0.241 e. The average molecular weight is 376 g/mol. The normalized spacial score (nSPS) is 16.7. The second kappa shape index (κ2) is 7.17. The lowest BCUT2D eigenvalue weighted by atomic mass is 9.96. The Labute approximate surface area is 152 Å². The SMILES string of the molecule is C[C@@H](NS(=O)(=O)c1ccc(F)cc1)C(=O)NCC1(c2ccccc2)CC1. The highest BCUT2D eigenvalue weighted by atomic mass is 32.2. The standard InChI is InChI=1S/C19H21FN2O3S/c1-14(22-26(24,25)17-9-7-16(20)8-10-17)18(23)21-13-19(11-12-19)15-5-3-2-4-6-15/h2-10,14,22H,11-13H2,1H3,(H,21,23)/t14-/m1/s1. The van der Waals surface area contributed by atoms with Gasteiger partial charge in [0.25, 0.3) is 0 Å².